The number of benzene rings is 1. The monoisotopic (exact) mass is 361 g/mol. The highest BCUT2D eigenvalue weighted by Gasteiger charge is 2.41. The highest BCUT2D eigenvalue weighted by Crippen LogP contribution is 2.29. The molecule has 1 aliphatic heterocycles. The number of methoxy groups -OCH3 is 2. The van der Waals surface area contributed by atoms with Crippen LogP contribution in [0.3, 0.4) is 0 Å². The van der Waals surface area contributed by atoms with Crippen molar-refractivity contribution in [3.63, 3.8) is 0 Å². The Balaban J connectivity index is 1.85. The lowest BCUT2D eigenvalue weighted by atomic mass is 9.98. The third kappa shape index (κ3) is 3.56. The molecule has 1 saturated heterocycles. The first kappa shape index (κ1) is 17.2. The first-order chi connectivity index (χ1) is 12.0. The molecule has 25 heavy (non-hydrogen) atoms. The molecule has 1 aliphatic rings. The Morgan fingerprint density at radius 1 is 1.12 bits per heavy atom. The van der Waals surface area contributed by atoms with Crippen molar-refractivity contribution >= 4 is 29.4 Å². The van der Waals surface area contributed by atoms with Gasteiger partial charge in [-0.25, -0.2) is 4.90 Å². The number of carbonyl (C=O) groups excluding carboxylic acids is 2. The van der Waals surface area contributed by atoms with Crippen LogP contribution in [0.2, 0.25) is 5.02 Å². The SMILES string of the molecule is COc1cc(OC)nc(N2C(=O)CC(Cc3ccc(Cl)cc3)C2=O)n1. The molecule has 1 atom stereocenters. The van der Waals surface area contributed by atoms with Crippen LogP contribution in [0.25, 0.3) is 0 Å². The Hall–Kier alpha value is -2.67. The summed E-state index contributed by atoms with van der Waals surface area (Å²) < 4.78 is 10.1. The number of anilines is 1. The van der Waals surface area contributed by atoms with E-state index < -0.39 is 5.92 Å². The number of nitrogens with zero attached hydrogens (tertiary/aromatic N) is 3. The molecular weight excluding hydrogens is 346 g/mol. The molecule has 1 fully saturated rings. The predicted molar refractivity (Wildman–Crippen MR) is 90.9 cm³/mol. The average molecular weight is 362 g/mol. The molecule has 0 spiro atoms. The van der Waals surface area contributed by atoms with Crippen molar-refractivity contribution < 1.29 is 19.1 Å². The molecule has 2 amide bonds. The summed E-state index contributed by atoms with van der Waals surface area (Å²) in [6, 6.07) is 8.67. The molecular formula is C17H16ClN3O4. The smallest absolute Gasteiger partial charge is 0.245 e. The van der Waals surface area contributed by atoms with Gasteiger partial charge in [-0.2, -0.15) is 9.97 Å². The number of rotatable bonds is 5. The molecule has 0 aliphatic carbocycles. The first-order valence-electron chi connectivity index (χ1n) is 7.60. The number of halogens is 1. The minimum absolute atomic E-state index is 0.0372. The van der Waals surface area contributed by atoms with Gasteiger partial charge in [-0.05, 0) is 24.1 Å². The lowest BCUT2D eigenvalue weighted by Crippen LogP contribution is -2.32. The lowest BCUT2D eigenvalue weighted by Gasteiger charge is -2.14. The van der Waals surface area contributed by atoms with E-state index in [1.165, 1.54) is 20.3 Å². The van der Waals surface area contributed by atoms with E-state index in [2.05, 4.69) is 9.97 Å². The molecule has 1 aromatic heterocycles. The van der Waals surface area contributed by atoms with Crippen LogP contribution in [0.5, 0.6) is 11.8 Å². The van der Waals surface area contributed by atoms with E-state index in [0.717, 1.165) is 10.5 Å². The summed E-state index contributed by atoms with van der Waals surface area (Å²) in [7, 11) is 2.87. The van der Waals surface area contributed by atoms with Gasteiger partial charge in [0.1, 0.15) is 0 Å². The molecule has 0 N–H and O–H groups in total. The van der Waals surface area contributed by atoms with Crippen molar-refractivity contribution in [2.24, 2.45) is 5.92 Å². The van der Waals surface area contributed by atoms with Crippen molar-refractivity contribution in [3.8, 4) is 11.8 Å². The molecule has 3 rings (SSSR count). The van der Waals surface area contributed by atoms with Gasteiger partial charge < -0.3 is 9.47 Å². The van der Waals surface area contributed by atoms with Gasteiger partial charge in [-0.1, -0.05) is 23.7 Å². The Bertz CT molecular complexity index is 788. The van der Waals surface area contributed by atoms with Crippen LogP contribution in [0.1, 0.15) is 12.0 Å². The second-order valence-electron chi connectivity index (χ2n) is 5.55. The number of amides is 2. The summed E-state index contributed by atoms with van der Waals surface area (Å²) in [4.78, 5) is 34.2. The van der Waals surface area contributed by atoms with Crippen LogP contribution in [0, 0.1) is 5.92 Å². The zero-order chi connectivity index (χ0) is 18.0. The number of hydrogen-bond donors (Lipinski definition) is 0. The zero-order valence-corrected chi connectivity index (χ0v) is 14.5. The summed E-state index contributed by atoms with van der Waals surface area (Å²) in [6.45, 7) is 0. The number of hydrogen-bond acceptors (Lipinski definition) is 6. The maximum atomic E-state index is 12.7. The van der Waals surface area contributed by atoms with E-state index in [-0.39, 0.29) is 35.9 Å². The van der Waals surface area contributed by atoms with E-state index in [4.69, 9.17) is 21.1 Å². The molecule has 2 heterocycles. The van der Waals surface area contributed by atoms with E-state index in [1.54, 1.807) is 12.1 Å². The molecule has 0 bridgehead atoms. The largest absolute Gasteiger partial charge is 0.481 e. The molecule has 8 heteroatoms. The molecule has 7 nitrogen and oxygen atoms in total. The Kier molecular flexibility index (Phi) is 4.85. The van der Waals surface area contributed by atoms with Gasteiger partial charge >= 0.3 is 0 Å². The van der Waals surface area contributed by atoms with Crippen LogP contribution in [-0.2, 0) is 16.0 Å². The number of aromatic nitrogens is 2. The summed E-state index contributed by atoms with van der Waals surface area (Å²) in [6.07, 6.45) is 0.545. The van der Waals surface area contributed by atoms with Gasteiger partial charge in [-0.3, -0.25) is 9.59 Å². The average Bonchev–Trinajstić information content (AvgIpc) is 2.90. The molecule has 2 aromatic rings. The Morgan fingerprint density at radius 2 is 1.72 bits per heavy atom. The fourth-order valence-corrected chi connectivity index (χ4v) is 2.80. The number of ether oxygens (including phenoxy) is 2. The quantitative estimate of drug-likeness (QED) is 0.760. The van der Waals surface area contributed by atoms with Crippen LogP contribution in [0.15, 0.2) is 30.3 Å². The van der Waals surface area contributed by atoms with E-state index in [1.807, 2.05) is 12.1 Å². The maximum absolute atomic E-state index is 12.7. The standard InChI is InChI=1S/C17H16ClN3O4/c1-24-13-9-14(25-2)20-17(19-13)21-15(22)8-11(16(21)23)7-10-3-5-12(18)6-4-10/h3-6,9,11H,7-8H2,1-2H3. The van der Waals surface area contributed by atoms with Gasteiger partial charge in [0.25, 0.3) is 0 Å². The van der Waals surface area contributed by atoms with Crippen molar-refractivity contribution in [1.29, 1.82) is 0 Å². The van der Waals surface area contributed by atoms with Crippen LogP contribution < -0.4 is 14.4 Å². The van der Waals surface area contributed by atoms with Gasteiger partial charge in [-0.15, -0.1) is 0 Å². The summed E-state index contributed by atoms with van der Waals surface area (Å²) in [5, 5.41) is 0.621. The fraction of sp³-hybridized carbons (Fsp3) is 0.294. The maximum Gasteiger partial charge on any atom is 0.245 e. The van der Waals surface area contributed by atoms with Crippen LogP contribution in [-0.4, -0.2) is 36.0 Å². The molecule has 1 unspecified atom stereocenters. The third-order valence-corrected chi connectivity index (χ3v) is 4.17. The van der Waals surface area contributed by atoms with Gasteiger partial charge in [0.2, 0.25) is 29.5 Å². The molecule has 0 saturated carbocycles. The zero-order valence-electron chi connectivity index (χ0n) is 13.7. The van der Waals surface area contributed by atoms with Crippen molar-refractivity contribution in [3.05, 3.63) is 40.9 Å². The van der Waals surface area contributed by atoms with Gasteiger partial charge in [0.15, 0.2) is 0 Å². The first-order valence-corrected chi connectivity index (χ1v) is 7.98. The highest BCUT2D eigenvalue weighted by atomic mass is 35.5. The predicted octanol–water partition coefficient (Wildman–Crippen LogP) is 2.27. The fourth-order valence-electron chi connectivity index (χ4n) is 2.67. The minimum Gasteiger partial charge on any atom is -0.481 e. The molecule has 0 radical (unpaired) electrons. The van der Waals surface area contributed by atoms with Crippen molar-refractivity contribution in [2.75, 3.05) is 19.1 Å². The molecule has 1 aromatic carbocycles. The topological polar surface area (TPSA) is 81.6 Å². The number of carbonyl (C=O) groups is 2. The van der Waals surface area contributed by atoms with Crippen LogP contribution in [0.4, 0.5) is 5.95 Å². The van der Waals surface area contributed by atoms with Crippen LogP contribution >= 0.6 is 11.6 Å². The van der Waals surface area contributed by atoms with Crippen molar-refractivity contribution in [2.45, 2.75) is 12.8 Å². The van der Waals surface area contributed by atoms with Gasteiger partial charge in [0, 0.05) is 11.4 Å². The number of imide groups is 1. The van der Waals surface area contributed by atoms with E-state index in [0.29, 0.717) is 11.4 Å². The summed E-state index contributed by atoms with van der Waals surface area (Å²) in [5.74, 6) is -0.763. The third-order valence-electron chi connectivity index (χ3n) is 3.92. The highest BCUT2D eigenvalue weighted by molar-refractivity contribution is 6.30. The summed E-state index contributed by atoms with van der Waals surface area (Å²) in [5.41, 5.74) is 0.932. The second-order valence-corrected chi connectivity index (χ2v) is 5.99. The second kappa shape index (κ2) is 7.06. The van der Waals surface area contributed by atoms with Crippen molar-refractivity contribution in [1.82, 2.24) is 9.97 Å². The molecule has 130 valence electrons. The summed E-state index contributed by atoms with van der Waals surface area (Å²) >= 11 is 5.87. The normalized spacial score (nSPS) is 17.1. The van der Waals surface area contributed by atoms with Gasteiger partial charge in [0.05, 0.1) is 26.2 Å². The minimum atomic E-state index is -0.463. The Labute approximate surface area is 149 Å². The lowest BCUT2D eigenvalue weighted by molar-refractivity contribution is -0.122. The van der Waals surface area contributed by atoms with E-state index >= 15 is 0 Å². The Morgan fingerprint density at radius 3 is 2.28 bits per heavy atom. The van der Waals surface area contributed by atoms with E-state index in [9.17, 15) is 9.59 Å².